The Kier molecular flexibility index (Phi) is 5.59. The lowest BCUT2D eigenvalue weighted by molar-refractivity contribution is -0.385. The van der Waals surface area contributed by atoms with E-state index in [1.807, 2.05) is 6.92 Å². The Balaban J connectivity index is 2.04. The summed E-state index contributed by atoms with van der Waals surface area (Å²) in [5.74, 6) is -0.0148. The summed E-state index contributed by atoms with van der Waals surface area (Å²) in [6.07, 6.45) is 0. The minimum absolute atomic E-state index is 0.115. The van der Waals surface area contributed by atoms with Crippen LogP contribution in [0.15, 0.2) is 36.4 Å². The monoisotopic (exact) mass is 350 g/mol. The van der Waals surface area contributed by atoms with Gasteiger partial charge in [-0.2, -0.15) is 0 Å². The molecule has 0 aliphatic carbocycles. The number of hydrogen-bond donors (Lipinski definition) is 1. The molecule has 0 radical (unpaired) electrons. The Morgan fingerprint density at radius 2 is 2.00 bits per heavy atom. The van der Waals surface area contributed by atoms with E-state index in [2.05, 4.69) is 5.32 Å². The zero-order valence-corrected chi connectivity index (χ0v) is 13.8. The Morgan fingerprint density at radius 1 is 1.25 bits per heavy atom. The normalized spacial score (nSPS) is 10.1. The van der Waals surface area contributed by atoms with Crippen LogP contribution in [0.25, 0.3) is 0 Å². The molecule has 1 amide bonds. The third-order valence-electron chi connectivity index (χ3n) is 3.17. The molecular formula is C16H15ClN2O5. The first kappa shape index (κ1) is 17.6. The maximum Gasteiger partial charge on any atom is 0.273 e. The standard InChI is InChI=1S/C16H15ClN2O5/c1-10-3-4-11(7-13(10)17)18-16(20)9-24-15-8-12(19(21)22)5-6-14(15)23-2/h3-8H,9H2,1-2H3,(H,18,20). The van der Waals surface area contributed by atoms with Crippen molar-refractivity contribution in [1.29, 1.82) is 0 Å². The van der Waals surface area contributed by atoms with Crippen LogP contribution in [0.5, 0.6) is 11.5 Å². The van der Waals surface area contributed by atoms with E-state index in [4.69, 9.17) is 21.1 Å². The fourth-order valence-electron chi connectivity index (χ4n) is 1.90. The summed E-state index contributed by atoms with van der Waals surface area (Å²) < 4.78 is 10.4. The molecule has 2 aromatic rings. The molecule has 8 heteroatoms. The molecular weight excluding hydrogens is 336 g/mol. The molecule has 0 aliphatic heterocycles. The van der Waals surface area contributed by atoms with Crippen molar-refractivity contribution in [3.05, 3.63) is 57.1 Å². The van der Waals surface area contributed by atoms with Crippen molar-refractivity contribution < 1.29 is 19.2 Å². The third kappa shape index (κ3) is 4.36. The Morgan fingerprint density at radius 3 is 2.62 bits per heavy atom. The lowest BCUT2D eigenvalue weighted by Crippen LogP contribution is -2.20. The van der Waals surface area contributed by atoms with Crippen LogP contribution < -0.4 is 14.8 Å². The number of rotatable bonds is 6. The molecule has 0 aliphatic rings. The fourth-order valence-corrected chi connectivity index (χ4v) is 2.08. The van der Waals surface area contributed by atoms with Crippen molar-refractivity contribution in [2.75, 3.05) is 19.0 Å². The van der Waals surface area contributed by atoms with Crippen molar-refractivity contribution >= 4 is 28.9 Å². The van der Waals surface area contributed by atoms with Gasteiger partial charge in [0, 0.05) is 16.8 Å². The lowest BCUT2D eigenvalue weighted by Gasteiger charge is -2.11. The summed E-state index contributed by atoms with van der Waals surface area (Å²) in [6, 6.07) is 9.03. The molecule has 126 valence electrons. The Labute approximate surface area is 143 Å². The SMILES string of the molecule is COc1ccc([N+](=O)[O-])cc1OCC(=O)Nc1ccc(C)c(Cl)c1. The third-order valence-corrected chi connectivity index (χ3v) is 3.58. The Hall–Kier alpha value is -2.80. The van der Waals surface area contributed by atoms with Gasteiger partial charge in [-0.25, -0.2) is 0 Å². The lowest BCUT2D eigenvalue weighted by atomic mass is 10.2. The van der Waals surface area contributed by atoms with Gasteiger partial charge in [0.2, 0.25) is 0 Å². The zero-order chi connectivity index (χ0) is 17.7. The van der Waals surface area contributed by atoms with Gasteiger partial charge in [-0.15, -0.1) is 0 Å². The van der Waals surface area contributed by atoms with Crippen LogP contribution >= 0.6 is 11.6 Å². The van der Waals surface area contributed by atoms with Crippen LogP contribution in [-0.2, 0) is 4.79 Å². The van der Waals surface area contributed by atoms with Gasteiger partial charge < -0.3 is 14.8 Å². The molecule has 0 unspecified atom stereocenters. The molecule has 2 aromatic carbocycles. The van der Waals surface area contributed by atoms with Gasteiger partial charge in [0.15, 0.2) is 18.1 Å². The molecule has 1 N–H and O–H groups in total. The van der Waals surface area contributed by atoms with Gasteiger partial charge in [-0.3, -0.25) is 14.9 Å². The number of nitrogens with zero attached hydrogens (tertiary/aromatic N) is 1. The smallest absolute Gasteiger partial charge is 0.273 e. The maximum absolute atomic E-state index is 11.9. The Bertz CT molecular complexity index is 779. The van der Waals surface area contributed by atoms with Crippen molar-refractivity contribution in [2.24, 2.45) is 0 Å². The van der Waals surface area contributed by atoms with E-state index in [9.17, 15) is 14.9 Å². The second-order valence-corrected chi connectivity index (χ2v) is 5.30. The van der Waals surface area contributed by atoms with Gasteiger partial charge in [-0.05, 0) is 30.7 Å². The quantitative estimate of drug-likeness (QED) is 0.635. The number of hydrogen-bond acceptors (Lipinski definition) is 5. The number of benzene rings is 2. The van der Waals surface area contributed by atoms with Crippen LogP contribution in [0.3, 0.4) is 0 Å². The fraction of sp³-hybridized carbons (Fsp3) is 0.188. The summed E-state index contributed by atoms with van der Waals surface area (Å²) in [5, 5.41) is 14.0. The molecule has 7 nitrogen and oxygen atoms in total. The predicted octanol–water partition coefficient (Wildman–Crippen LogP) is 3.58. The molecule has 0 aromatic heterocycles. The number of ether oxygens (including phenoxy) is 2. The topological polar surface area (TPSA) is 90.7 Å². The summed E-state index contributed by atoms with van der Waals surface area (Å²) in [6.45, 7) is 1.52. The van der Waals surface area contributed by atoms with Gasteiger partial charge >= 0.3 is 0 Å². The van der Waals surface area contributed by atoms with Crippen molar-refractivity contribution in [3.8, 4) is 11.5 Å². The number of anilines is 1. The summed E-state index contributed by atoms with van der Waals surface area (Å²) in [4.78, 5) is 22.2. The highest BCUT2D eigenvalue weighted by Gasteiger charge is 2.14. The first-order chi connectivity index (χ1) is 11.4. The van der Waals surface area contributed by atoms with Crippen molar-refractivity contribution in [2.45, 2.75) is 6.92 Å². The highest BCUT2D eigenvalue weighted by Crippen LogP contribution is 2.31. The summed E-state index contributed by atoms with van der Waals surface area (Å²) in [5.41, 5.74) is 1.27. The van der Waals surface area contributed by atoms with E-state index >= 15 is 0 Å². The van der Waals surface area contributed by atoms with Gasteiger partial charge in [-0.1, -0.05) is 17.7 Å². The molecule has 24 heavy (non-hydrogen) atoms. The summed E-state index contributed by atoms with van der Waals surface area (Å²) in [7, 11) is 1.41. The number of carbonyl (C=O) groups excluding carboxylic acids is 1. The number of carbonyl (C=O) groups is 1. The number of nitrogens with one attached hydrogen (secondary N) is 1. The maximum atomic E-state index is 11.9. The van der Waals surface area contributed by atoms with E-state index in [0.717, 1.165) is 5.56 Å². The zero-order valence-electron chi connectivity index (χ0n) is 13.0. The van der Waals surface area contributed by atoms with Crippen LogP contribution in [-0.4, -0.2) is 24.5 Å². The predicted molar refractivity (Wildman–Crippen MR) is 90.0 cm³/mol. The van der Waals surface area contributed by atoms with Crippen molar-refractivity contribution in [3.63, 3.8) is 0 Å². The van der Waals surface area contributed by atoms with E-state index in [-0.39, 0.29) is 18.0 Å². The number of halogens is 1. The van der Waals surface area contributed by atoms with Crippen LogP contribution in [0, 0.1) is 17.0 Å². The largest absolute Gasteiger partial charge is 0.493 e. The molecule has 0 atom stereocenters. The van der Waals surface area contributed by atoms with Crippen molar-refractivity contribution in [1.82, 2.24) is 0 Å². The molecule has 0 heterocycles. The van der Waals surface area contributed by atoms with E-state index in [1.54, 1.807) is 18.2 Å². The molecule has 0 bridgehead atoms. The van der Waals surface area contributed by atoms with E-state index in [0.29, 0.717) is 16.5 Å². The number of nitro groups is 1. The van der Waals surface area contributed by atoms with Gasteiger partial charge in [0.25, 0.3) is 11.6 Å². The number of nitro benzene ring substituents is 1. The second-order valence-electron chi connectivity index (χ2n) is 4.89. The highest BCUT2D eigenvalue weighted by atomic mass is 35.5. The number of non-ortho nitro benzene ring substituents is 1. The molecule has 0 saturated heterocycles. The first-order valence-electron chi connectivity index (χ1n) is 6.92. The molecule has 0 fully saturated rings. The van der Waals surface area contributed by atoms with Crippen LogP contribution in [0.2, 0.25) is 5.02 Å². The minimum atomic E-state index is -0.555. The molecule has 0 saturated carbocycles. The van der Waals surface area contributed by atoms with Gasteiger partial charge in [0.05, 0.1) is 18.1 Å². The number of amides is 1. The molecule has 2 rings (SSSR count). The van der Waals surface area contributed by atoms with Crippen LogP contribution in [0.1, 0.15) is 5.56 Å². The number of methoxy groups -OCH3 is 1. The molecule has 0 spiro atoms. The average Bonchev–Trinajstić information content (AvgIpc) is 2.56. The van der Waals surface area contributed by atoms with E-state index < -0.39 is 10.8 Å². The van der Waals surface area contributed by atoms with Crippen LogP contribution in [0.4, 0.5) is 11.4 Å². The number of aryl methyl sites for hydroxylation is 1. The van der Waals surface area contributed by atoms with Gasteiger partial charge in [0.1, 0.15) is 0 Å². The summed E-state index contributed by atoms with van der Waals surface area (Å²) >= 11 is 5.99. The minimum Gasteiger partial charge on any atom is -0.493 e. The highest BCUT2D eigenvalue weighted by molar-refractivity contribution is 6.31. The average molecular weight is 351 g/mol. The second kappa shape index (κ2) is 7.65. The van der Waals surface area contributed by atoms with E-state index in [1.165, 1.54) is 25.3 Å². The first-order valence-corrected chi connectivity index (χ1v) is 7.29.